The van der Waals surface area contributed by atoms with Crippen LogP contribution in [0, 0.1) is 0 Å². The van der Waals surface area contributed by atoms with Crippen LogP contribution in [0.2, 0.25) is 0 Å². The van der Waals surface area contributed by atoms with Gasteiger partial charge in [0.1, 0.15) is 0 Å². The summed E-state index contributed by atoms with van der Waals surface area (Å²) < 4.78 is 0. The number of nitrogens with one attached hydrogen (secondary N) is 1. The molecule has 1 atom stereocenters. The molecule has 4 rings (SSSR count). The lowest BCUT2D eigenvalue weighted by Crippen LogP contribution is -2.19. The van der Waals surface area contributed by atoms with E-state index in [4.69, 9.17) is 0 Å². The fraction of sp³-hybridized carbons (Fsp3) is 0.136. The molecule has 24 heavy (non-hydrogen) atoms. The van der Waals surface area contributed by atoms with Crippen molar-refractivity contribution in [2.24, 2.45) is 0 Å². The van der Waals surface area contributed by atoms with E-state index in [0.29, 0.717) is 0 Å². The average Bonchev–Trinajstić information content (AvgIpc) is 2.65. The minimum Gasteiger partial charge on any atom is -0.305 e. The quantitative estimate of drug-likeness (QED) is 0.557. The second-order valence-electron chi connectivity index (χ2n) is 6.19. The first kappa shape index (κ1) is 14.9. The predicted molar refractivity (Wildman–Crippen MR) is 101 cm³/mol. The standard InChI is InChI=1S/C22H20N2/c1-16(21-12-6-10-17-7-4-5-11-22(17)21)23-15-20-13-18-8-2-3-9-19(18)14-24-20/h2-14,16,23H,15H2,1H3/t16-/m0/s1. The largest absolute Gasteiger partial charge is 0.305 e. The third-order valence-electron chi connectivity index (χ3n) is 4.57. The van der Waals surface area contributed by atoms with Crippen LogP contribution >= 0.6 is 0 Å². The Kier molecular flexibility index (Phi) is 3.97. The zero-order valence-corrected chi connectivity index (χ0v) is 13.7. The Bertz CT molecular complexity index is 986. The molecule has 0 fully saturated rings. The number of aromatic nitrogens is 1. The van der Waals surface area contributed by atoms with Crippen molar-refractivity contribution in [2.75, 3.05) is 0 Å². The van der Waals surface area contributed by atoms with E-state index < -0.39 is 0 Å². The van der Waals surface area contributed by atoms with Crippen molar-refractivity contribution >= 4 is 21.5 Å². The van der Waals surface area contributed by atoms with Gasteiger partial charge >= 0.3 is 0 Å². The molecule has 0 aliphatic heterocycles. The summed E-state index contributed by atoms with van der Waals surface area (Å²) >= 11 is 0. The van der Waals surface area contributed by atoms with E-state index in [-0.39, 0.29) is 6.04 Å². The van der Waals surface area contributed by atoms with Gasteiger partial charge in [-0.05, 0) is 34.7 Å². The minimum absolute atomic E-state index is 0.268. The highest BCUT2D eigenvalue weighted by molar-refractivity contribution is 5.86. The summed E-state index contributed by atoms with van der Waals surface area (Å²) in [4.78, 5) is 4.57. The van der Waals surface area contributed by atoms with Gasteiger partial charge in [-0.25, -0.2) is 0 Å². The molecular formula is C22H20N2. The maximum atomic E-state index is 4.57. The van der Waals surface area contributed by atoms with Crippen molar-refractivity contribution in [2.45, 2.75) is 19.5 Å². The highest BCUT2D eigenvalue weighted by Crippen LogP contribution is 2.24. The summed E-state index contributed by atoms with van der Waals surface area (Å²) in [5, 5.41) is 8.63. The van der Waals surface area contributed by atoms with E-state index in [1.165, 1.54) is 27.1 Å². The predicted octanol–water partition coefficient (Wildman–Crippen LogP) is 5.24. The van der Waals surface area contributed by atoms with Crippen LogP contribution < -0.4 is 5.32 Å². The molecular weight excluding hydrogens is 292 g/mol. The lowest BCUT2D eigenvalue weighted by molar-refractivity contribution is 0.571. The summed E-state index contributed by atoms with van der Waals surface area (Å²) in [5.74, 6) is 0. The van der Waals surface area contributed by atoms with E-state index in [1.807, 2.05) is 12.3 Å². The lowest BCUT2D eigenvalue weighted by Gasteiger charge is -2.16. The minimum atomic E-state index is 0.268. The van der Waals surface area contributed by atoms with Crippen LogP contribution in [-0.2, 0) is 6.54 Å². The third kappa shape index (κ3) is 2.89. The summed E-state index contributed by atoms with van der Waals surface area (Å²) in [7, 11) is 0. The van der Waals surface area contributed by atoms with Crippen molar-refractivity contribution in [1.29, 1.82) is 0 Å². The van der Waals surface area contributed by atoms with Gasteiger partial charge in [-0.3, -0.25) is 4.98 Å². The van der Waals surface area contributed by atoms with Gasteiger partial charge in [-0.2, -0.15) is 0 Å². The van der Waals surface area contributed by atoms with Crippen LogP contribution in [0.4, 0.5) is 0 Å². The first-order valence-corrected chi connectivity index (χ1v) is 8.36. The Morgan fingerprint density at radius 1 is 0.833 bits per heavy atom. The highest BCUT2D eigenvalue weighted by Gasteiger charge is 2.09. The van der Waals surface area contributed by atoms with Crippen molar-refractivity contribution < 1.29 is 0 Å². The Morgan fingerprint density at radius 2 is 1.54 bits per heavy atom. The molecule has 1 heterocycles. The fourth-order valence-electron chi connectivity index (χ4n) is 3.22. The van der Waals surface area contributed by atoms with Crippen LogP contribution in [0.15, 0.2) is 79.0 Å². The van der Waals surface area contributed by atoms with Gasteiger partial charge in [-0.1, -0.05) is 66.7 Å². The van der Waals surface area contributed by atoms with Crippen LogP contribution in [0.5, 0.6) is 0 Å². The van der Waals surface area contributed by atoms with Gasteiger partial charge in [0.15, 0.2) is 0 Å². The van der Waals surface area contributed by atoms with Crippen molar-refractivity contribution in [3.05, 3.63) is 90.3 Å². The number of hydrogen-bond acceptors (Lipinski definition) is 2. The highest BCUT2D eigenvalue weighted by atomic mass is 14.9. The van der Waals surface area contributed by atoms with Crippen LogP contribution in [0.1, 0.15) is 24.2 Å². The molecule has 0 radical (unpaired) electrons. The molecule has 1 aromatic heterocycles. The zero-order chi connectivity index (χ0) is 16.4. The fourth-order valence-corrected chi connectivity index (χ4v) is 3.22. The molecule has 3 aromatic carbocycles. The van der Waals surface area contributed by atoms with Crippen LogP contribution in [-0.4, -0.2) is 4.98 Å². The van der Waals surface area contributed by atoms with Gasteiger partial charge in [-0.15, -0.1) is 0 Å². The number of rotatable bonds is 4. The normalized spacial score (nSPS) is 12.5. The van der Waals surface area contributed by atoms with Crippen molar-refractivity contribution in [1.82, 2.24) is 10.3 Å². The Hall–Kier alpha value is -2.71. The SMILES string of the molecule is C[C@H](NCc1cc2ccccc2cn1)c1cccc2ccccc12. The first-order chi connectivity index (χ1) is 11.8. The van der Waals surface area contributed by atoms with Crippen LogP contribution in [0.3, 0.4) is 0 Å². The van der Waals surface area contributed by atoms with E-state index in [0.717, 1.165) is 12.2 Å². The number of nitrogens with zero attached hydrogens (tertiary/aromatic N) is 1. The lowest BCUT2D eigenvalue weighted by atomic mass is 9.99. The number of pyridine rings is 1. The molecule has 0 aliphatic carbocycles. The molecule has 0 amide bonds. The molecule has 0 spiro atoms. The van der Waals surface area contributed by atoms with E-state index >= 15 is 0 Å². The molecule has 0 saturated heterocycles. The average molecular weight is 312 g/mol. The Labute approximate surface area is 142 Å². The number of fused-ring (bicyclic) bond motifs is 2. The van der Waals surface area contributed by atoms with E-state index in [9.17, 15) is 0 Å². The molecule has 4 aromatic rings. The van der Waals surface area contributed by atoms with Gasteiger partial charge in [0, 0.05) is 24.2 Å². The molecule has 2 nitrogen and oxygen atoms in total. The number of hydrogen-bond donors (Lipinski definition) is 1. The molecule has 118 valence electrons. The van der Waals surface area contributed by atoms with E-state index in [1.54, 1.807) is 0 Å². The second kappa shape index (κ2) is 6.42. The molecule has 0 bridgehead atoms. The Morgan fingerprint density at radius 3 is 2.42 bits per heavy atom. The van der Waals surface area contributed by atoms with E-state index in [2.05, 4.69) is 84.0 Å². The van der Waals surface area contributed by atoms with Crippen molar-refractivity contribution in [3.63, 3.8) is 0 Å². The van der Waals surface area contributed by atoms with Gasteiger partial charge in [0.25, 0.3) is 0 Å². The molecule has 0 saturated carbocycles. The molecule has 0 aliphatic rings. The topological polar surface area (TPSA) is 24.9 Å². The van der Waals surface area contributed by atoms with Crippen LogP contribution in [0.25, 0.3) is 21.5 Å². The van der Waals surface area contributed by atoms with Gasteiger partial charge < -0.3 is 5.32 Å². The second-order valence-corrected chi connectivity index (χ2v) is 6.19. The summed E-state index contributed by atoms with van der Waals surface area (Å²) in [6.07, 6.45) is 1.95. The maximum absolute atomic E-state index is 4.57. The summed E-state index contributed by atoms with van der Waals surface area (Å²) in [6, 6.07) is 25.8. The van der Waals surface area contributed by atoms with Gasteiger partial charge in [0.2, 0.25) is 0 Å². The first-order valence-electron chi connectivity index (χ1n) is 8.36. The Balaban J connectivity index is 1.55. The zero-order valence-electron chi connectivity index (χ0n) is 13.7. The maximum Gasteiger partial charge on any atom is 0.0548 e. The van der Waals surface area contributed by atoms with Crippen molar-refractivity contribution in [3.8, 4) is 0 Å². The number of benzene rings is 3. The molecule has 2 heteroatoms. The summed E-state index contributed by atoms with van der Waals surface area (Å²) in [6.45, 7) is 2.97. The molecule has 1 N–H and O–H groups in total. The summed E-state index contributed by atoms with van der Waals surface area (Å²) in [5.41, 5.74) is 2.40. The monoisotopic (exact) mass is 312 g/mol. The molecule has 0 unspecified atom stereocenters. The van der Waals surface area contributed by atoms with Gasteiger partial charge in [0.05, 0.1) is 5.69 Å². The smallest absolute Gasteiger partial charge is 0.0548 e. The third-order valence-corrected chi connectivity index (χ3v) is 4.57.